The molecule has 100 valence electrons. The summed E-state index contributed by atoms with van der Waals surface area (Å²) in [5.41, 5.74) is 0. The van der Waals surface area contributed by atoms with Crippen molar-refractivity contribution in [2.45, 2.75) is 18.6 Å². The standard InChI is InChI=1S/C8H6BrF3N2O4/c9-4-2-13-5(18-4)1-3(6(15)16)14-7(17)8(10,11)12/h2-3H,1H2,(H,14,17)(H,15,16)/t3-/m0/s1. The molecule has 1 aromatic rings. The summed E-state index contributed by atoms with van der Waals surface area (Å²) in [5, 5.41) is 10.0. The van der Waals surface area contributed by atoms with Gasteiger partial charge in [-0.15, -0.1) is 0 Å². The minimum absolute atomic E-state index is 0.114. The quantitative estimate of drug-likeness (QED) is 0.862. The fourth-order valence-corrected chi connectivity index (χ4v) is 1.29. The molecule has 2 N–H and O–H groups in total. The van der Waals surface area contributed by atoms with Crippen LogP contribution in [0.1, 0.15) is 5.89 Å². The highest BCUT2D eigenvalue weighted by Crippen LogP contribution is 2.16. The van der Waals surface area contributed by atoms with Crippen molar-refractivity contribution in [3.63, 3.8) is 0 Å². The first kappa shape index (κ1) is 14.5. The number of alkyl halides is 3. The zero-order valence-corrected chi connectivity index (χ0v) is 10.1. The Bertz CT molecular complexity index is 459. The lowest BCUT2D eigenvalue weighted by Gasteiger charge is -2.13. The summed E-state index contributed by atoms with van der Waals surface area (Å²) >= 11 is 2.90. The number of rotatable bonds is 4. The molecule has 0 radical (unpaired) electrons. The molecule has 0 fully saturated rings. The van der Waals surface area contributed by atoms with Crippen molar-refractivity contribution in [2.75, 3.05) is 0 Å². The summed E-state index contributed by atoms with van der Waals surface area (Å²) in [6.07, 6.45) is -4.44. The first-order chi connectivity index (χ1) is 8.20. The predicted molar refractivity (Wildman–Crippen MR) is 53.5 cm³/mol. The third-order valence-corrected chi connectivity index (χ3v) is 2.13. The molecule has 1 amide bonds. The van der Waals surface area contributed by atoms with E-state index in [9.17, 15) is 22.8 Å². The Morgan fingerprint density at radius 2 is 2.17 bits per heavy atom. The fourth-order valence-electron chi connectivity index (χ4n) is 0.997. The Morgan fingerprint density at radius 3 is 2.56 bits per heavy atom. The fraction of sp³-hybridized carbons (Fsp3) is 0.375. The molecule has 18 heavy (non-hydrogen) atoms. The number of halogens is 4. The number of carbonyl (C=O) groups is 2. The number of hydrogen-bond donors (Lipinski definition) is 2. The summed E-state index contributed by atoms with van der Waals surface area (Å²) < 4.78 is 40.9. The van der Waals surface area contributed by atoms with E-state index >= 15 is 0 Å². The van der Waals surface area contributed by atoms with Crippen LogP contribution >= 0.6 is 15.9 Å². The number of nitrogens with one attached hydrogen (secondary N) is 1. The molecule has 0 aliphatic carbocycles. The van der Waals surface area contributed by atoms with Crippen LogP contribution in [0.15, 0.2) is 15.3 Å². The van der Waals surface area contributed by atoms with Crippen molar-refractivity contribution < 1.29 is 32.3 Å². The second kappa shape index (κ2) is 5.38. The monoisotopic (exact) mass is 330 g/mol. The lowest BCUT2D eigenvalue weighted by Crippen LogP contribution is -2.47. The molecular weight excluding hydrogens is 325 g/mol. The van der Waals surface area contributed by atoms with Gasteiger partial charge in [-0.05, 0) is 15.9 Å². The van der Waals surface area contributed by atoms with E-state index in [2.05, 4.69) is 20.9 Å². The van der Waals surface area contributed by atoms with Gasteiger partial charge in [-0.1, -0.05) is 0 Å². The maximum Gasteiger partial charge on any atom is 0.471 e. The zero-order valence-electron chi connectivity index (χ0n) is 8.49. The highest BCUT2D eigenvalue weighted by molar-refractivity contribution is 9.10. The third-order valence-electron chi connectivity index (χ3n) is 1.76. The summed E-state index contributed by atoms with van der Waals surface area (Å²) in [5.74, 6) is -4.07. The van der Waals surface area contributed by atoms with E-state index < -0.39 is 30.5 Å². The van der Waals surface area contributed by atoms with Gasteiger partial charge in [0, 0.05) is 0 Å². The maximum atomic E-state index is 12.0. The zero-order chi connectivity index (χ0) is 13.9. The molecule has 1 rings (SSSR count). The second-order valence-electron chi connectivity index (χ2n) is 3.12. The van der Waals surface area contributed by atoms with Gasteiger partial charge in [0.2, 0.25) is 0 Å². The van der Waals surface area contributed by atoms with Crippen LogP contribution in [0.4, 0.5) is 13.2 Å². The number of carboxylic acid groups (broad SMARTS) is 1. The highest BCUT2D eigenvalue weighted by atomic mass is 79.9. The van der Waals surface area contributed by atoms with E-state index in [1.807, 2.05) is 0 Å². The number of nitrogens with zero attached hydrogens (tertiary/aromatic N) is 1. The van der Waals surface area contributed by atoms with Crippen molar-refractivity contribution in [3.8, 4) is 0 Å². The van der Waals surface area contributed by atoms with Crippen molar-refractivity contribution in [2.24, 2.45) is 0 Å². The van der Waals surface area contributed by atoms with Crippen LogP contribution in [0.3, 0.4) is 0 Å². The average molecular weight is 331 g/mol. The molecular formula is C8H6BrF3N2O4. The van der Waals surface area contributed by atoms with Gasteiger partial charge < -0.3 is 14.8 Å². The van der Waals surface area contributed by atoms with Crippen molar-refractivity contribution in [1.29, 1.82) is 0 Å². The van der Waals surface area contributed by atoms with E-state index in [-0.39, 0.29) is 10.6 Å². The number of aromatic nitrogens is 1. The molecule has 0 aliphatic heterocycles. The summed E-state index contributed by atoms with van der Waals surface area (Å²) in [6.45, 7) is 0. The van der Waals surface area contributed by atoms with Crippen LogP contribution in [0.5, 0.6) is 0 Å². The lowest BCUT2D eigenvalue weighted by atomic mass is 10.2. The molecule has 1 heterocycles. The minimum Gasteiger partial charge on any atom is -0.480 e. The predicted octanol–water partition coefficient (Wildman–Crippen LogP) is 1.11. The largest absolute Gasteiger partial charge is 0.480 e. The Morgan fingerprint density at radius 1 is 1.56 bits per heavy atom. The molecule has 0 bridgehead atoms. The average Bonchev–Trinajstić information content (AvgIpc) is 2.61. The molecule has 0 aromatic carbocycles. The molecule has 0 saturated carbocycles. The Balaban J connectivity index is 2.73. The van der Waals surface area contributed by atoms with E-state index in [4.69, 9.17) is 9.52 Å². The number of oxazole rings is 1. The van der Waals surface area contributed by atoms with Gasteiger partial charge in [0.05, 0.1) is 12.6 Å². The highest BCUT2D eigenvalue weighted by Gasteiger charge is 2.41. The topological polar surface area (TPSA) is 92.4 Å². The van der Waals surface area contributed by atoms with Gasteiger partial charge in [0.25, 0.3) is 0 Å². The van der Waals surface area contributed by atoms with Gasteiger partial charge in [0.15, 0.2) is 10.6 Å². The third kappa shape index (κ3) is 4.02. The van der Waals surface area contributed by atoms with Crippen molar-refractivity contribution in [3.05, 3.63) is 16.8 Å². The number of amides is 1. The number of carbonyl (C=O) groups excluding carboxylic acids is 1. The van der Waals surface area contributed by atoms with Crippen molar-refractivity contribution >= 4 is 27.8 Å². The second-order valence-corrected chi connectivity index (χ2v) is 3.91. The SMILES string of the molecule is O=C(O)[C@H](Cc1ncc(Br)o1)NC(=O)C(F)(F)F. The van der Waals surface area contributed by atoms with Crippen LogP contribution in [0, 0.1) is 0 Å². The molecule has 0 unspecified atom stereocenters. The number of carboxylic acids is 1. The molecule has 0 spiro atoms. The summed E-state index contributed by atoms with van der Waals surface area (Å²) in [7, 11) is 0. The Kier molecular flexibility index (Phi) is 4.33. The van der Waals surface area contributed by atoms with Gasteiger partial charge in [-0.3, -0.25) is 4.79 Å². The molecule has 0 aliphatic rings. The first-order valence-corrected chi connectivity index (χ1v) is 5.20. The van der Waals surface area contributed by atoms with E-state index in [1.54, 1.807) is 0 Å². The Labute approximate surface area is 106 Å². The summed E-state index contributed by atoms with van der Waals surface area (Å²) in [6, 6.07) is -1.77. The van der Waals surface area contributed by atoms with Gasteiger partial charge >= 0.3 is 18.1 Å². The molecule has 6 nitrogen and oxygen atoms in total. The Hall–Kier alpha value is -1.58. The van der Waals surface area contributed by atoms with Gasteiger partial charge in [0.1, 0.15) is 6.04 Å². The normalized spacial score (nSPS) is 13.1. The summed E-state index contributed by atoms with van der Waals surface area (Å²) in [4.78, 5) is 24.9. The van der Waals surface area contributed by atoms with Crippen molar-refractivity contribution in [1.82, 2.24) is 10.3 Å². The van der Waals surface area contributed by atoms with Crippen LogP contribution in [0.25, 0.3) is 0 Å². The van der Waals surface area contributed by atoms with E-state index in [0.717, 1.165) is 0 Å². The maximum absolute atomic E-state index is 12.0. The molecule has 1 atom stereocenters. The van der Waals surface area contributed by atoms with Crippen LogP contribution < -0.4 is 5.32 Å². The van der Waals surface area contributed by atoms with E-state index in [0.29, 0.717) is 0 Å². The van der Waals surface area contributed by atoms with Gasteiger partial charge in [-0.25, -0.2) is 9.78 Å². The van der Waals surface area contributed by atoms with Crippen LogP contribution in [0.2, 0.25) is 0 Å². The minimum atomic E-state index is -5.15. The van der Waals surface area contributed by atoms with E-state index in [1.165, 1.54) is 11.5 Å². The smallest absolute Gasteiger partial charge is 0.471 e. The molecule has 0 saturated heterocycles. The van der Waals surface area contributed by atoms with Crippen LogP contribution in [-0.4, -0.2) is 34.2 Å². The number of aliphatic carboxylic acids is 1. The number of hydrogen-bond acceptors (Lipinski definition) is 4. The lowest BCUT2D eigenvalue weighted by molar-refractivity contribution is -0.175. The molecule has 1 aromatic heterocycles. The molecule has 10 heteroatoms. The first-order valence-electron chi connectivity index (χ1n) is 4.41. The van der Waals surface area contributed by atoms with Crippen LogP contribution in [-0.2, 0) is 16.0 Å². The van der Waals surface area contributed by atoms with Gasteiger partial charge in [-0.2, -0.15) is 13.2 Å².